The molecule has 4 aromatic rings. The van der Waals surface area contributed by atoms with Crippen molar-refractivity contribution in [3.8, 4) is 28.7 Å². The van der Waals surface area contributed by atoms with E-state index in [4.69, 9.17) is 4.74 Å². The summed E-state index contributed by atoms with van der Waals surface area (Å²) in [7, 11) is 1.68. The van der Waals surface area contributed by atoms with E-state index in [-0.39, 0.29) is 12.1 Å². The zero-order valence-electron chi connectivity index (χ0n) is 25.6. The summed E-state index contributed by atoms with van der Waals surface area (Å²) in [4.78, 5) is 18.9. The molecular formula is C39H42N2O2. The maximum Gasteiger partial charge on any atom is 0.255 e. The Morgan fingerprint density at radius 2 is 1.47 bits per heavy atom. The van der Waals surface area contributed by atoms with E-state index < -0.39 is 0 Å². The Balaban J connectivity index is 1.38. The Hall–Kier alpha value is -4.33. The van der Waals surface area contributed by atoms with Gasteiger partial charge in [0.05, 0.1) is 13.3 Å². The minimum atomic E-state index is 0.0725. The lowest BCUT2D eigenvalue weighted by atomic mass is 10.0. The van der Waals surface area contributed by atoms with Crippen molar-refractivity contribution in [2.75, 3.05) is 20.2 Å². The van der Waals surface area contributed by atoms with Crippen LogP contribution in [-0.4, -0.2) is 42.1 Å². The number of carbonyl (C=O) groups is 1. The van der Waals surface area contributed by atoms with Gasteiger partial charge in [0.15, 0.2) is 0 Å². The molecule has 43 heavy (non-hydrogen) atoms. The second-order valence-corrected chi connectivity index (χ2v) is 11.7. The fourth-order valence-electron chi connectivity index (χ4n) is 5.63. The van der Waals surface area contributed by atoms with Crippen LogP contribution in [0.3, 0.4) is 0 Å². The largest absolute Gasteiger partial charge is 0.497 e. The lowest BCUT2D eigenvalue weighted by Crippen LogP contribution is -2.53. The van der Waals surface area contributed by atoms with Crippen LogP contribution in [0.5, 0.6) is 5.75 Å². The first-order valence-electron chi connectivity index (χ1n) is 15.5. The highest BCUT2D eigenvalue weighted by Crippen LogP contribution is 2.27. The maximum atomic E-state index is 14.2. The summed E-state index contributed by atoms with van der Waals surface area (Å²) in [5, 5.41) is 0. The molecule has 0 spiro atoms. The van der Waals surface area contributed by atoms with Crippen LogP contribution in [0.25, 0.3) is 11.1 Å². The monoisotopic (exact) mass is 570 g/mol. The van der Waals surface area contributed by atoms with Gasteiger partial charge in [0.1, 0.15) is 5.75 Å². The van der Waals surface area contributed by atoms with E-state index in [0.29, 0.717) is 18.0 Å². The fourth-order valence-corrected chi connectivity index (χ4v) is 5.63. The molecule has 1 unspecified atom stereocenters. The quantitative estimate of drug-likeness (QED) is 0.190. The van der Waals surface area contributed by atoms with Crippen molar-refractivity contribution in [1.29, 1.82) is 0 Å². The Labute approximate surface area is 257 Å². The normalized spacial score (nSPS) is 15.0. The molecule has 0 radical (unpaired) electrons. The molecule has 0 saturated carbocycles. The van der Waals surface area contributed by atoms with Gasteiger partial charge in [-0.3, -0.25) is 9.69 Å². The molecule has 1 fully saturated rings. The molecule has 1 heterocycles. The van der Waals surface area contributed by atoms with E-state index in [1.165, 1.54) is 6.42 Å². The lowest BCUT2D eigenvalue weighted by molar-refractivity contribution is 0.00845. The molecule has 4 aromatic carbocycles. The predicted molar refractivity (Wildman–Crippen MR) is 176 cm³/mol. The van der Waals surface area contributed by atoms with Crippen molar-refractivity contribution in [1.82, 2.24) is 9.80 Å². The molecule has 0 bridgehead atoms. The van der Waals surface area contributed by atoms with Crippen LogP contribution in [0, 0.1) is 17.8 Å². The van der Waals surface area contributed by atoms with Gasteiger partial charge in [-0.15, -0.1) is 0 Å². The summed E-state index contributed by atoms with van der Waals surface area (Å²) < 4.78 is 5.31. The lowest BCUT2D eigenvalue weighted by Gasteiger charge is -2.43. The Morgan fingerprint density at radius 1 is 0.837 bits per heavy atom. The van der Waals surface area contributed by atoms with E-state index in [0.717, 1.165) is 65.9 Å². The number of hydrogen-bond acceptors (Lipinski definition) is 3. The molecule has 4 heteroatoms. The van der Waals surface area contributed by atoms with Crippen molar-refractivity contribution >= 4 is 5.91 Å². The summed E-state index contributed by atoms with van der Waals surface area (Å²) in [6, 6.07) is 34.5. The van der Waals surface area contributed by atoms with Crippen molar-refractivity contribution in [3.63, 3.8) is 0 Å². The molecular weight excluding hydrogens is 528 g/mol. The number of nitrogens with zero attached hydrogens (tertiary/aromatic N) is 2. The number of ether oxygens (including phenoxy) is 1. The minimum absolute atomic E-state index is 0.0725. The van der Waals surface area contributed by atoms with Gasteiger partial charge in [0.2, 0.25) is 0 Å². The van der Waals surface area contributed by atoms with Crippen LogP contribution < -0.4 is 4.74 Å². The third kappa shape index (κ3) is 8.15. The SMILES string of the molecule is COc1ccc(-c2ccc(CN(C(=O)c3ccc(C#Cc4ccccc4)cc3)C3CCCCN3CCC(C)C)cc2)cc1. The first-order valence-corrected chi connectivity index (χ1v) is 15.5. The predicted octanol–water partition coefficient (Wildman–Crippen LogP) is 8.26. The number of benzene rings is 4. The molecule has 1 aliphatic rings. The van der Waals surface area contributed by atoms with Crippen LogP contribution in [0.15, 0.2) is 103 Å². The number of piperidine rings is 1. The van der Waals surface area contributed by atoms with E-state index in [9.17, 15) is 4.79 Å². The molecule has 1 amide bonds. The zero-order chi connectivity index (χ0) is 30.0. The maximum absolute atomic E-state index is 14.2. The van der Waals surface area contributed by atoms with Gasteiger partial charge >= 0.3 is 0 Å². The summed E-state index contributed by atoms with van der Waals surface area (Å²) in [5.74, 6) is 7.98. The van der Waals surface area contributed by atoms with E-state index >= 15 is 0 Å². The topological polar surface area (TPSA) is 32.8 Å². The average molecular weight is 571 g/mol. The molecule has 0 aromatic heterocycles. The molecule has 1 aliphatic heterocycles. The van der Waals surface area contributed by atoms with Crippen LogP contribution in [0.2, 0.25) is 0 Å². The zero-order valence-corrected chi connectivity index (χ0v) is 25.6. The second kappa shape index (κ2) is 14.7. The van der Waals surface area contributed by atoms with E-state index in [1.807, 2.05) is 66.7 Å². The van der Waals surface area contributed by atoms with Crippen LogP contribution in [0.4, 0.5) is 0 Å². The third-order valence-electron chi connectivity index (χ3n) is 8.18. The molecule has 1 saturated heterocycles. The number of rotatable bonds is 9. The number of likely N-dealkylation sites (tertiary alicyclic amines) is 1. The number of methoxy groups -OCH3 is 1. The summed E-state index contributed by atoms with van der Waals surface area (Å²) in [5.41, 5.74) is 6.00. The van der Waals surface area contributed by atoms with Crippen molar-refractivity contribution in [3.05, 3.63) is 125 Å². The summed E-state index contributed by atoms with van der Waals surface area (Å²) in [6.45, 7) is 7.16. The smallest absolute Gasteiger partial charge is 0.255 e. The summed E-state index contributed by atoms with van der Waals surface area (Å²) in [6.07, 6.45) is 4.52. The standard InChI is InChI=1S/C39H42N2O2/c1-30(2)26-28-40-27-8-7-11-38(40)41(29-33-16-18-34(19-17-33)35-22-24-37(43-3)25-23-35)39(42)36-20-14-32(15-21-36)13-12-31-9-5-4-6-10-31/h4-6,9-10,14-25,30,38H,7-8,11,26-29H2,1-3H3. The van der Waals surface area contributed by atoms with Crippen molar-refractivity contribution in [2.45, 2.75) is 52.2 Å². The van der Waals surface area contributed by atoms with Gasteiger partial charge in [-0.2, -0.15) is 0 Å². The molecule has 220 valence electrons. The molecule has 1 atom stereocenters. The fraction of sp³-hybridized carbons (Fsp3) is 0.308. The van der Waals surface area contributed by atoms with E-state index in [1.54, 1.807) is 7.11 Å². The molecule has 4 nitrogen and oxygen atoms in total. The Kier molecular flexibility index (Phi) is 10.3. The Bertz CT molecular complexity index is 1520. The van der Waals surface area contributed by atoms with Gasteiger partial charge < -0.3 is 9.64 Å². The van der Waals surface area contributed by atoms with Gasteiger partial charge in [-0.1, -0.05) is 80.3 Å². The van der Waals surface area contributed by atoms with Crippen molar-refractivity contribution in [2.24, 2.45) is 5.92 Å². The van der Waals surface area contributed by atoms with E-state index in [2.05, 4.69) is 71.9 Å². The van der Waals surface area contributed by atoms with Gasteiger partial charge in [-0.25, -0.2) is 0 Å². The minimum Gasteiger partial charge on any atom is -0.497 e. The van der Waals surface area contributed by atoms with Crippen LogP contribution >= 0.6 is 0 Å². The molecule has 0 N–H and O–H groups in total. The first-order chi connectivity index (χ1) is 21.0. The highest BCUT2D eigenvalue weighted by Gasteiger charge is 2.31. The Morgan fingerprint density at radius 3 is 2.09 bits per heavy atom. The highest BCUT2D eigenvalue weighted by molar-refractivity contribution is 5.94. The number of carbonyl (C=O) groups excluding carboxylic acids is 1. The molecule has 0 aliphatic carbocycles. The molecule has 5 rings (SSSR count). The van der Waals surface area contributed by atoms with Gasteiger partial charge in [0, 0.05) is 36.3 Å². The second-order valence-electron chi connectivity index (χ2n) is 11.7. The number of amides is 1. The van der Waals surface area contributed by atoms with Crippen LogP contribution in [0.1, 0.15) is 66.6 Å². The van der Waals surface area contributed by atoms with Gasteiger partial charge in [0.25, 0.3) is 5.91 Å². The number of hydrogen-bond donors (Lipinski definition) is 0. The van der Waals surface area contributed by atoms with Gasteiger partial charge in [-0.05, 0) is 96.8 Å². The average Bonchev–Trinajstić information content (AvgIpc) is 3.06. The van der Waals surface area contributed by atoms with Crippen LogP contribution in [-0.2, 0) is 6.54 Å². The third-order valence-corrected chi connectivity index (χ3v) is 8.18. The van der Waals surface area contributed by atoms with Crippen molar-refractivity contribution < 1.29 is 9.53 Å². The highest BCUT2D eigenvalue weighted by atomic mass is 16.5. The first kappa shape index (κ1) is 30.1. The summed E-state index contributed by atoms with van der Waals surface area (Å²) >= 11 is 0.